The first-order valence-electron chi connectivity index (χ1n) is 10.1. The lowest BCUT2D eigenvalue weighted by atomic mass is 10.1. The van der Waals surface area contributed by atoms with E-state index in [1.54, 1.807) is 22.6 Å². The number of nitrogens with zero attached hydrogens (tertiary/aromatic N) is 4. The number of anilines is 2. The Morgan fingerprint density at radius 1 is 1.19 bits per heavy atom. The van der Waals surface area contributed by atoms with Crippen LogP contribution in [0.4, 0.5) is 11.7 Å². The average Bonchev–Trinajstić information content (AvgIpc) is 3.53. The predicted octanol–water partition coefficient (Wildman–Crippen LogP) is 4.82. The van der Waals surface area contributed by atoms with Gasteiger partial charge >= 0.3 is 0 Å². The number of hydrogen-bond donors (Lipinski definition) is 2. The van der Waals surface area contributed by atoms with Crippen molar-refractivity contribution in [3.8, 4) is 10.4 Å². The summed E-state index contributed by atoms with van der Waals surface area (Å²) in [6, 6.07) is 16.1. The summed E-state index contributed by atoms with van der Waals surface area (Å²) in [6.07, 6.45) is 3.40. The standard InChI is InChI=1S/C23H20N6O2S/c1-15-5-4-6-16(11-15)21-20(25-14-32-21)22(30)27-17-12-26-29(13-17)10-9-24-23-28-18-7-2-3-8-19(18)31-23/h2-8,11-14H,9-10H2,1H3,(H,24,28)(H,27,30). The van der Waals surface area contributed by atoms with Gasteiger partial charge in [0, 0.05) is 12.7 Å². The van der Waals surface area contributed by atoms with Crippen molar-refractivity contribution in [1.82, 2.24) is 19.7 Å². The molecule has 0 saturated carbocycles. The highest BCUT2D eigenvalue weighted by molar-refractivity contribution is 7.13. The Kier molecular flexibility index (Phi) is 5.39. The van der Waals surface area contributed by atoms with E-state index >= 15 is 0 Å². The molecule has 0 fully saturated rings. The molecule has 8 nitrogen and oxygen atoms in total. The van der Waals surface area contributed by atoms with E-state index in [1.807, 2.05) is 55.5 Å². The molecule has 32 heavy (non-hydrogen) atoms. The highest BCUT2D eigenvalue weighted by Gasteiger charge is 2.17. The molecule has 2 aromatic carbocycles. The fourth-order valence-electron chi connectivity index (χ4n) is 3.36. The minimum Gasteiger partial charge on any atom is -0.424 e. The Hall–Kier alpha value is -3.98. The van der Waals surface area contributed by atoms with Crippen molar-refractivity contribution in [1.29, 1.82) is 0 Å². The number of para-hydroxylation sites is 2. The molecule has 5 rings (SSSR count). The zero-order chi connectivity index (χ0) is 21.9. The summed E-state index contributed by atoms with van der Waals surface area (Å²) < 4.78 is 7.39. The first-order valence-corrected chi connectivity index (χ1v) is 11.0. The van der Waals surface area contributed by atoms with Crippen LogP contribution in [0.25, 0.3) is 21.5 Å². The van der Waals surface area contributed by atoms with E-state index in [2.05, 4.69) is 25.7 Å². The van der Waals surface area contributed by atoms with Crippen LogP contribution in [0.3, 0.4) is 0 Å². The van der Waals surface area contributed by atoms with Crippen molar-refractivity contribution in [2.24, 2.45) is 0 Å². The number of carbonyl (C=O) groups excluding carboxylic acids is 1. The summed E-state index contributed by atoms with van der Waals surface area (Å²) in [5.74, 6) is -0.257. The molecule has 5 aromatic rings. The molecule has 0 aliphatic rings. The number of amides is 1. The first-order chi connectivity index (χ1) is 15.7. The predicted molar refractivity (Wildman–Crippen MR) is 125 cm³/mol. The smallest absolute Gasteiger partial charge is 0.295 e. The third-order valence-corrected chi connectivity index (χ3v) is 5.74. The maximum atomic E-state index is 12.8. The topological polar surface area (TPSA) is 97.9 Å². The lowest BCUT2D eigenvalue weighted by molar-refractivity contribution is 0.102. The fraction of sp³-hybridized carbons (Fsp3) is 0.130. The van der Waals surface area contributed by atoms with Crippen LogP contribution < -0.4 is 10.6 Å². The zero-order valence-electron chi connectivity index (χ0n) is 17.3. The summed E-state index contributed by atoms with van der Waals surface area (Å²) in [7, 11) is 0. The number of carbonyl (C=O) groups is 1. The maximum absolute atomic E-state index is 12.8. The second kappa shape index (κ2) is 8.64. The number of aryl methyl sites for hydroxylation is 1. The number of thiazole rings is 1. The van der Waals surface area contributed by atoms with Gasteiger partial charge < -0.3 is 15.1 Å². The van der Waals surface area contributed by atoms with Crippen LogP contribution in [0.1, 0.15) is 16.1 Å². The SMILES string of the molecule is Cc1cccc(-c2scnc2C(=O)Nc2cnn(CCNc3nc4ccccc4o3)c2)c1. The Morgan fingerprint density at radius 3 is 2.97 bits per heavy atom. The van der Waals surface area contributed by atoms with Crippen molar-refractivity contribution in [2.45, 2.75) is 13.5 Å². The van der Waals surface area contributed by atoms with Gasteiger partial charge in [-0.1, -0.05) is 42.0 Å². The summed E-state index contributed by atoms with van der Waals surface area (Å²) in [6.45, 7) is 3.18. The number of aromatic nitrogens is 4. The summed E-state index contributed by atoms with van der Waals surface area (Å²) in [5.41, 5.74) is 6.38. The van der Waals surface area contributed by atoms with E-state index in [1.165, 1.54) is 11.3 Å². The van der Waals surface area contributed by atoms with Crippen molar-refractivity contribution in [2.75, 3.05) is 17.2 Å². The van der Waals surface area contributed by atoms with Crippen LogP contribution in [0.2, 0.25) is 0 Å². The Bertz CT molecular complexity index is 1350. The Morgan fingerprint density at radius 2 is 2.09 bits per heavy atom. The minimum atomic E-state index is -0.257. The van der Waals surface area contributed by atoms with Gasteiger partial charge in [0.2, 0.25) is 0 Å². The normalized spacial score (nSPS) is 11.0. The fourth-order valence-corrected chi connectivity index (χ4v) is 4.15. The van der Waals surface area contributed by atoms with Gasteiger partial charge in [-0.2, -0.15) is 10.1 Å². The molecule has 0 aliphatic carbocycles. The molecule has 9 heteroatoms. The van der Waals surface area contributed by atoms with Crippen LogP contribution in [-0.2, 0) is 6.54 Å². The molecule has 3 heterocycles. The van der Waals surface area contributed by atoms with Crippen LogP contribution in [0.15, 0.2) is 70.9 Å². The molecule has 0 saturated heterocycles. The van der Waals surface area contributed by atoms with E-state index in [0.717, 1.165) is 27.1 Å². The molecule has 2 N–H and O–H groups in total. The van der Waals surface area contributed by atoms with Gasteiger partial charge in [0.15, 0.2) is 5.58 Å². The second-order valence-electron chi connectivity index (χ2n) is 7.26. The molecule has 0 unspecified atom stereocenters. The highest BCUT2D eigenvalue weighted by Crippen LogP contribution is 2.29. The maximum Gasteiger partial charge on any atom is 0.295 e. The van der Waals surface area contributed by atoms with Crippen LogP contribution in [-0.4, -0.2) is 32.2 Å². The van der Waals surface area contributed by atoms with Gasteiger partial charge in [0.25, 0.3) is 11.9 Å². The van der Waals surface area contributed by atoms with Gasteiger partial charge in [-0.25, -0.2) is 4.98 Å². The minimum absolute atomic E-state index is 0.257. The highest BCUT2D eigenvalue weighted by atomic mass is 32.1. The molecular weight excluding hydrogens is 424 g/mol. The van der Waals surface area contributed by atoms with Crippen molar-refractivity contribution >= 4 is 40.0 Å². The molecule has 3 aromatic heterocycles. The molecule has 0 aliphatic heterocycles. The summed E-state index contributed by atoms with van der Waals surface area (Å²) >= 11 is 1.45. The van der Waals surface area contributed by atoms with E-state index in [4.69, 9.17) is 4.42 Å². The van der Waals surface area contributed by atoms with Gasteiger partial charge in [0.05, 0.1) is 28.8 Å². The van der Waals surface area contributed by atoms with E-state index in [-0.39, 0.29) is 5.91 Å². The first kappa shape index (κ1) is 20.0. The lowest BCUT2D eigenvalue weighted by Crippen LogP contribution is -2.13. The van der Waals surface area contributed by atoms with Crippen LogP contribution in [0, 0.1) is 6.92 Å². The number of hydrogen-bond acceptors (Lipinski definition) is 7. The van der Waals surface area contributed by atoms with Gasteiger partial charge in [-0.3, -0.25) is 9.48 Å². The molecule has 0 spiro atoms. The van der Waals surface area contributed by atoms with Gasteiger partial charge in [-0.05, 0) is 24.6 Å². The number of fused-ring (bicyclic) bond motifs is 1. The molecule has 0 atom stereocenters. The van der Waals surface area contributed by atoms with Gasteiger partial charge in [-0.15, -0.1) is 11.3 Å². The average molecular weight is 445 g/mol. The summed E-state index contributed by atoms with van der Waals surface area (Å²) in [5, 5.41) is 10.3. The number of rotatable bonds is 7. The van der Waals surface area contributed by atoms with E-state index < -0.39 is 0 Å². The lowest BCUT2D eigenvalue weighted by Gasteiger charge is -2.04. The number of oxazole rings is 1. The molecule has 160 valence electrons. The number of nitrogens with one attached hydrogen (secondary N) is 2. The van der Waals surface area contributed by atoms with E-state index in [0.29, 0.717) is 30.5 Å². The molecule has 0 radical (unpaired) electrons. The van der Waals surface area contributed by atoms with Crippen LogP contribution in [0.5, 0.6) is 0 Å². The Balaban J connectivity index is 1.20. The van der Waals surface area contributed by atoms with E-state index in [9.17, 15) is 4.79 Å². The second-order valence-corrected chi connectivity index (χ2v) is 8.11. The van der Waals surface area contributed by atoms with Crippen molar-refractivity contribution < 1.29 is 9.21 Å². The zero-order valence-corrected chi connectivity index (χ0v) is 18.1. The largest absolute Gasteiger partial charge is 0.424 e. The molecule has 1 amide bonds. The van der Waals surface area contributed by atoms with Gasteiger partial charge in [0.1, 0.15) is 11.2 Å². The van der Waals surface area contributed by atoms with Crippen molar-refractivity contribution in [3.63, 3.8) is 0 Å². The monoisotopic (exact) mass is 444 g/mol. The quantitative estimate of drug-likeness (QED) is 0.373. The molecular formula is C23H20N6O2S. The molecule has 0 bridgehead atoms. The third kappa shape index (κ3) is 4.23. The van der Waals surface area contributed by atoms with Crippen molar-refractivity contribution in [3.05, 3.63) is 77.7 Å². The number of benzene rings is 2. The Labute approximate surface area is 187 Å². The third-order valence-electron chi connectivity index (χ3n) is 4.86. The summed E-state index contributed by atoms with van der Waals surface area (Å²) in [4.78, 5) is 22.3. The van der Waals surface area contributed by atoms with Crippen LogP contribution >= 0.6 is 11.3 Å².